The highest BCUT2D eigenvalue weighted by Gasteiger charge is 2.40. The van der Waals surface area contributed by atoms with Crippen LogP contribution in [0.5, 0.6) is 11.5 Å². The lowest BCUT2D eigenvalue weighted by molar-refractivity contribution is -0.146. The fraction of sp³-hybridized carbons (Fsp3) is 0.500. The third-order valence-electron chi connectivity index (χ3n) is 5.29. The molecule has 1 saturated heterocycles. The summed E-state index contributed by atoms with van der Waals surface area (Å²) in [4.78, 5) is 36.6. The maximum absolute atomic E-state index is 12.9. The minimum atomic E-state index is -1.33. The van der Waals surface area contributed by atoms with E-state index in [1.807, 2.05) is 0 Å². The molecule has 0 spiro atoms. The van der Waals surface area contributed by atoms with E-state index in [0.717, 1.165) is 29.5 Å². The van der Waals surface area contributed by atoms with Gasteiger partial charge in [-0.1, -0.05) is 69.1 Å². The van der Waals surface area contributed by atoms with Crippen LogP contribution in [0, 0.1) is 0 Å². The molecule has 1 fully saturated rings. The number of carbonyl (C=O) groups excluding carboxylic acids is 1. The van der Waals surface area contributed by atoms with Crippen LogP contribution in [0.3, 0.4) is 0 Å². The summed E-state index contributed by atoms with van der Waals surface area (Å²) in [5.41, 5.74) is 0.668. The molecule has 2 rings (SSSR count). The number of carboxylic acids is 2. The number of unbranched alkanes of at least 4 members (excludes halogenated alkanes) is 5. The molecule has 1 heterocycles. The number of thiocarbonyl (C=S) groups is 1. The Balaban J connectivity index is 2.07. The van der Waals surface area contributed by atoms with E-state index in [0.29, 0.717) is 23.7 Å². The Morgan fingerprint density at radius 3 is 2.50 bits per heavy atom. The lowest BCUT2D eigenvalue weighted by atomic mass is 10.1. The van der Waals surface area contributed by atoms with E-state index < -0.39 is 23.9 Å². The molecule has 1 atom stereocenters. The van der Waals surface area contributed by atoms with Crippen LogP contribution in [-0.2, 0) is 14.4 Å². The number of carbonyl (C=O) groups is 3. The molecule has 1 aromatic rings. The summed E-state index contributed by atoms with van der Waals surface area (Å²) in [5, 5.41) is 18.4. The number of benzene rings is 1. The van der Waals surface area contributed by atoms with Gasteiger partial charge in [-0.25, -0.2) is 4.79 Å². The second-order valence-electron chi connectivity index (χ2n) is 7.86. The van der Waals surface area contributed by atoms with Crippen LogP contribution in [0.15, 0.2) is 23.1 Å². The first-order valence-corrected chi connectivity index (χ1v) is 12.5. The minimum absolute atomic E-state index is 0.0832. The van der Waals surface area contributed by atoms with Gasteiger partial charge in [0.2, 0.25) is 0 Å². The number of ether oxygens (including phenoxy) is 2. The second-order valence-corrected chi connectivity index (χ2v) is 9.54. The highest BCUT2D eigenvalue weighted by atomic mass is 32.2. The number of hydrogen-bond acceptors (Lipinski definition) is 7. The van der Waals surface area contributed by atoms with Crippen LogP contribution in [0.25, 0.3) is 6.08 Å². The van der Waals surface area contributed by atoms with Crippen molar-refractivity contribution in [3.05, 3.63) is 28.7 Å². The molecular formula is C24H31NO7S2. The summed E-state index contributed by atoms with van der Waals surface area (Å²) in [6, 6.07) is 3.96. The van der Waals surface area contributed by atoms with Gasteiger partial charge in [-0.2, -0.15) is 0 Å². The number of nitrogens with zero attached hydrogens (tertiary/aromatic N) is 1. The van der Waals surface area contributed by atoms with Crippen molar-refractivity contribution in [2.45, 2.75) is 64.3 Å². The van der Waals surface area contributed by atoms with Crippen molar-refractivity contribution in [3.63, 3.8) is 0 Å². The fourth-order valence-electron chi connectivity index (χ4n) is 3.48. The largest absolute Gasteiger partial charge is 0.493 e. The van der Waals surface area contributed by atoms with Crippen LogP contribution in [0.1, 0.15) is 63.9 Å². The van der Waals surface area contributed by atoms with Crippen LogP contribution < -0.4 is 9.47 Å². The van der Waals surface area contributed by atoms with Crippen LogP contribution in [0.4, 0.5) is 0 Å². The van der Waals surface area contributed by atoms with Crippen molar-refractivity contribution >= 4 is 52.2 Å². The van der Waals surface area contributed by atoms with Crippen molar-refractivity contribution in [1.82, 2.24) is 4.90 Å². The number of aliphatic carboxylic acids is 2. The third-order valence-corrected chi connectivity index (χ3v) is 6.62. The quantitative estimate of drug-likeness (QED) is 0.192. The van der Waals surface area contributed by atoms with Gasteiger partial charge in [0.1, 0.15) is 10.4 Å². The summed E-state index contributed by atoms with van der Waals surface area (Å²) in [7, 11) is 1.54. The number of hydrogen-bond donors (Lipinski definition) is 2. The number of thioether (sulfide) groups is 1. The molecule has 186 valence electrons. The lowest BCUT2D eigenvalue weighted by Crippen LogP contribution is -2.44. The van der Waals surface area contributed by atoms with E-state index in [1.165, 1.54) is 32.8 Å². The van der Waals surface area contributed by atoms with Gasteiger partial charge in [0.25, 0.3) is 5.91 Å². The van der Waals surface area contributed by atoms with E-state index >= 15 is 0 Å². The maximum atomic E-state index is 12.9. The first kappa shape index (κ1) is 27.7. The Bertz CT molecular complexity index is 932. The molecule has 1 aromatic carbocycles. The van der Waals surface area contributed by atoms with Gasteiger partial charge in [0.05, 0.1) is 18.6 Å². The van der Waals surface area contributed by atoms with Crippen molar-refractivity contribution in [2.75, 3.05) is 13.7 Å². The van der Waals surface area contributed by atoms with Crippen molar-refractivity contribution in [3.8, 4) is 11.5 Å². The zero-order valence-corrected chi connectivity index (χ0v) is 21.1. The Hall–Kier alpha value is -2.59. The molecular weight excluding hydrogens is 478 g/mol. The lowest BCUT2D eigenvalue weighted by Gasteiger charge is -2.22. The van der Waals surface area contributed by atoms with Crippen molar-refractivity contribution in [1.29, 1.82) is 0 Å². The molecule has 1 aliphatic heterocycles. The third kappa shape index (κ3) is 8.02. The summed E-state index contributed by atoms with van der Waals surface area (Å²) < 4.78 is 11.4. The molecule has 0 saturated carbocycles. The SMILES string of the molecule is CCCCCCCCOc1ccc(/C=C2\SC(=S)N([C@H](CCC(=O)O)C(=O)O)C2=O)cc1OC. The van der Waals surface area contributed by atoms with Crippen LogP contribution in [0.2, 0.25) is 0 Å². The van der Waals surface area contributed by atoms with Crippen LogP contribution >= 0.6 is 24.0 Å². The Morgan fingerprint density at radius 2 is 1.85 bits per heavy atom. The Labute approximate surface area is 209 Å². The topological polar surface area (TPSA) is 113 Å². The molecule has 8 nitrogen and oxygen atoms in total. The number of carboxylic acid groups (broad SMARTS) is 2. The fourth-order valence-corrected chi connectivity index (χ4v) is 4.84. The van der Waals surface area contributed by atoms with Gasteiger partial charge in [-0.3, -0.25) is 14.5 Å². The first-order valence-electron chi connectivity index (χ1n) is 11.3. The summed E-state index contributed by atoms with van der Waals surface area (Å²) in [5.74, 6) is -1.86. The van der Waals surface area contributed by atoms with E-state index in [4.69, 9.17) is 26.8 Å². The summed E-state index contributed by atoms with van der Waals surface area (Å²) in [6.45, 7) is 2.78. The van der Waals surface area contributed by atoms with Gasteiger partial charge in [-0.15, -0.1) is 0 Å². The van der Waals surface area contributed by atoms with Gasteiger partial charge in [0, 0.05) is 6.42 Å². The van der Waals surface area contributed by atoms with Crippen molar-refractivity contribution < 1.29 is 34.1 Å². The predicted molar refractivity (Wildman–Crippen MR) is 135 cm³/mol. The molecule has 1 aliphatic rings. The van der Waals surface area contributed by atoms with E-state index in [-0.39, 0.29) is 22.1 Å². The molecule has 0 aromatic heterocycles. The summed E-state index contributed by atoms with van der Waals surface area (Å²) in [6.07, 6.45) is 7.99. The first-order chi connectivity index (χ1) is 16.3. The van der Waals surface area contributed by atoms with Crippen molar-refractivity contribution in [2.24, 2.45) is 0 Å². The molecule has 10 heteroatoms. The zero-order valence-electron chi connectivity index (χ0n) is 19.5. The Kier molecular flexibility index (Phi) is 11.4. The zero-order chi connectivity index (χ0) is 25.1. The Morgan fingerprint density at radius 1 is 1.15 bits per heavy atom. The van der Waals surface area contributed by atoms with Gasteiger partial charge in [-0.05, 0) is 36.6 Å². The van der Waals surface area contributed by atoms with Gasteiger partial charge in [0.15, 0.2) is 11.5 Å². The molecule has 2 N–H and O–H groups in total. The van der Waals surface area contributed by atoms with Gasteiger partial charge >= 0.3 is 11.9 Å². The highest BCUT2D eigenvalue weighted by molar-refractivity contribution is 8.26. The average Bonchev–Trinajstić information content (AvgIpc) is 3.06. The minimum Gasteiger partial charge on any atom is -0.493 e. The highest BCUT2D eigenvalue weighted by Crippen LogP contribution is 2.36. The van der Waals surface area contributed by atoms with E-state index in [9.17, 15) is 19.5 Å². The monoisotopic (exact) mass is 509 g/mol. The molecule has 0 unspecified atom stereocenters. The molecule has 0 bridgehead atoms. The van der Waals surface area contributed by atoms with E-state index in [1.54, 1.807) is 24.3 Å². The number of rotatable bonds is 15. The second kappa shape index (κ2) is 14.0. The summed E-state index contributed by atoms with van der Waals surface area (Å²) >= 11 is 6.21. The average molecular weight is 510 g/mol. The molecule has 34 heavy (non-hydrogen) atoms. The molecule has 0 radical (unpaired) electrons. The molecule has 0 aliphatic carbocycles. The standard InChI is InChI=1S/C24H31NO7S2/c1-3-4-5-6-7-8-13-32-18-11-9-16(14-19(18)31-2)15-20-22(28)25(24(33)34-20)17(23(29)30)10-12-21(26)27/h9,11,14-15,17H,3-8,10,12-13H2,1-2H3,(H,26,27)(H,29,30)/b20-15-/t17-/m1/s1. The van der Waals surface area contributed by atoms with Gasteiger partial charge < -0.3 is 19.7 Å². The predicted octanol–water partition coefficient (Wildman–Crippen LogP) is 4.95. The smallest absolute Gasteiger partial charge is 0.326 e. The molecule has 1 amide bonds. The number of amides is 1. The maximum Gasteiger partial charge on any atom is 0.326 e. The van der Waals surface area contributed by atoms with Crippen LogP contribution in [-0.4, -0.2) is 57.0 Å². The normalized spacial score (nSPS) is 15.6. The van der Waals surface area contributed by atoms with E-state index in [2.05, 4.69) is 6.92 Å². The number of methoxy groups -OCH3 is 1.